The summed E-state index contributed by atoms with van der Waals surface area (Å²) in [6.07, 6.45) is 2.04. The lowest BCUT2D eigenvalue weighted by molar-refractivity contribution is -0.0722. The third kappa shape index (κ3) is 2.50. The van der Waals surface area contributed by atoms with Crippen LogP contribution in [-0.2, 0) is 4.74 Å². The number of benzene rings is 1. The Hall–Kier alpha value is -1.04. The number of morpholine rings is 1. The fourth-order valence-electron chi connectivity index (χ4n) is 2.89. The van der Waals surface area contributed by atoms with E-state index >= 15 is 0 Å². The van der Waals surface area contributed by atoms with E-state index in [0.717, 1.165) is 25.5 Å². The van der Waals surface area contributed by atoms with Gasteiger partial charge in [0, 0.05) is 30.8 Å². The number of nitrogens with zero attached hydrogens (tertiary/aromatic N) is 1. The first-order valence-corrected chi connectivity index (χ1v) is 6.73. The van der Waals surface area contributed by atoms with Gasteiger partial charge in [0.15, 0.2) is 0 Å². The highest BCUT2D eigenvalue weighted by molar-refractivity contribution is 5.24. The van der Waals surface area contributed by atoms with Crippen LogP contribution in [-0.4, -0.2) is 36.7 Å². The Balaban J connectivity index is 1.95. The number of rotatable bonds is 3. The molecule has 0 radical (unpaired) electrons. The second-order valence-electron chi connectivity index (χ2n) is 5.22. The number of ether oxygens (including phenoxy) is 1. The molecule has 2 N–H and O–H groups in total. The maximum atomic E-state index is 14.0. The average Bonchev–Trinajstić information content (AvgIpc) is 3.22. The standard InChI is InChI=1S/C14H18F2N2O/c15-9-1-4-11(12(16)7-9)14-13(8-17)19-6-5-18(14)10-2-3-10/h1,4,7,10,13-14H,2-3,5-6,8,17H2. The van der Waals surface area contributed by atoms with Gasteiger partial charge in [-0.1, -0.05) is 6.07 Å². The van der Waals surface area contributed by atoms with Crippen molar-refractivity contribution in [3.63, 3.8) is 0 Å². The van der Waals surface area contributed by atoms with Gasteiger partial charge in [0.25, 0.3) is 0 Å². The van der Waals surface area contributed by atoms with E-state index in [1.165, 1.54) is 12.1 Å². The highest BCUT2D eigenvalue weighted by atomic mass is 19.1. The highest BCUT2D eigenvalue weighted by Gasteiger charge is 2.41. The van der Waals surface area contributed by atoms with Gasteiger partial charge in [0.1, 0.15) is 11.6 Å². The molecular weight excluding hydrogens is 250 g/mol. The molecular formula is C14H18F2N2O. The molecule has 1 aromatic rings. The van der Waals surface area contributed by atoms with E-state index in [4.69, 9.17) is 10.5 Å². The predicted molar refractivity (Wildman–Crippen MR) is 67.6 cm³/mol. The van der Waals surface area contributed by atoms with Crippen molar-refractivity contribution < 1.29 is 13.5 Å². The second kappa shape index (κ2) is 5.15. The first-order chi connectivity index (χ1) is 9.20. The second-order valence-corrected chi connectivity index (χ2v) is 5.22. The van der Waals surface area contributed by atoms with Gasteiger partial charge in [0.2, 0.25) is 0 Å². The molecule has 5 heteroatoms. The number of hydrogen-bond acceptors (Lipinski definition) is 3. The minimum absolute atomic E-state index is 0.202. The lowest BCUT2D eigenvalue weighted by atomic mass is 9.97. The summed E-state index contributed by atoms with van der Waals surface area (Å²) in [7, 11) is 0. The zero-order valence-electron chi connectivity index (χ0n) is 10.7. The molecule has 1 heterocycles. The molecule has 1 aromatic carbocycles. The Bertz CT molecular complexity index is 465. The van der Waals surface area contributed by atoms with Gasteiger partial charge in [0.05, 0.1) is 18.8 Å². The molecule has 0 bridgehead atoms. The lowest BCUT2D eigenvalue weighted by Crippen LogP contribution is -2.49. The summed E-state index contributed by atoms with van der Waals surface area (Å²) < 4.78 is 32.8. The van der Waals surface area contributed by atoms with Crippen LogP contribution in [0.5, 0.6) is 0 Å². The summed E-state index contributed by atoms with van der Waals surface area (Å²) in [5.74, 6) is -1.07. The molecule has 1 aliphatic heterocycles. The first kappa shape index (κ1) is 13.0. The van der Waals surface area contributed by atoms with Crippen molar-refractivity contribution in [3.8, 4) is 0 Å². The molecule has 2 fully saturated rings. The zero-order valence-corrected chi connectivity index (χ0v) is 10.7. The number of nitrogens with two attached hydrogens (primary N) is 1. The van der Waals surface area contributed by atoms with Crippen molar-refractivity contribution >= 4 is 0 Å². The summed E-state index contributed by atoms with van der Waals surface area (Å²) in [4.78, 5) is 2.26. The van der Waals surface area contributed by atoms with Crippen LogP contribution in [0.3, 0.4) is 0 Å². The molecule has 1 aliphatic carbocycles. The molecule has 2 aliphatic rings. The van der Waals surface area contributed by atoms with E-state index in [0.29, 0.717) is 24.8 Å². The Morgan fingerprint density at radius 1 is 1.32 bits per heavy atom. The van der Waals surface area contributed by atoms with Gasteiger partial charge in [-0.15, -0.1) is 0 Å². The van der Waals surface area contributed by atoms with Crippen LogP contribution in [0.2, 0.25) is 0 Å². The number of hydrogen-bond donors (Lipinski definition) is 1. The summed E-state index contributed by atoms with van der Waals surface area (Å²) in [5.41, 5.74) is 6.23. The summed E-state index contributed by atoms with van der Waals surface area (Å²) in [6.45, 7) is 1.74. The minimum atomic E-state index is -0.555. The molecule has 0 aromatic heterocycles. The van der Waals surface area contributed by atoms with Crippen molar-refractivity contribution in [1.82, 2.24) is 4.90 Å². The van der Waals surface area contributed by atoms with E-state index in [1.807, 2.05) is 0 Å². The topological polar surface area (TPSA) is 38.5 Å². The van der Waals surface area contributed by atoms with Crippen LogP contribution < -0.4 is 5.73 Å². The molecule has 1 saturated heterocycles. The van der Waals surface area contributed by atoms with Gasteiger partial charge in [-0.3, -0.25) is 4.90 Å². The van der Waals surface area contributed by atoms with Crippen LogP contribution in [0.15, 0.2) is 18.2 Å². The van der Waals surface area contributed by atoms with E-state index in [2.05, 4.69) is 4.90 Å². The molecule has 3 nitrogen and oxygen atoms in total. The van der Waals surface area contributed by atoms with E-state index < -0.39 is 11.6 Å². The zero-order chi connectivity index (χ0) is 13.4. The quantitative estimate of drug-likeness (QED) is 0.909. The smallest absolute Gasteiger partial charge is 0.131 e. The Labute approximate surface area is 111 Å². The van der Waals surface area contributed by atoms with Crippen molar-refractivity contribution in [2.75, 3.05) is 19.7 Å². The first-order valence-electron chi connectivity index (χ1n) is 6.73. The van der Waals surface area contributed by atoms with Crippen molar-refractivity contribution in [3.05, 3.63) is 35.4 Å². The molecule has 104 valence electrons. The van der Waals surface area contributed by atoms with Crippen LogP contribution in [0.25, 0.3) is 0 Å². The summed E-state index contributed by atoms with van der Waals surface area (Å²) >= 11 is 0. The highest BCUT2D eigenvalue weighted by Crippen LogP contribution is 2.39. The van der Waals surface area contributed by atoms with Gasteiger partial charge in [-0.05, 0) is 18.9 Å². The fraction of sp³-hybridized carbons (Fsp3) is 0.571. The van der Waals surface area contributed by atoms with Crippen LogP contribution in [0.4, 0.5) is 8.78 Å². The molecule has 1 saturated carbocycles. The Kier molecular flexibility index (Phi) is 3.52. The maximum Gasteiger partial charge on any atom is 0.131 e. The van der Waals surface area contributed by atoms with Crippen molar-refractivity contribution in [2.45, 2.75) is 31.0 Å². The average molecular weight is 268 g/mol. The van der Waals surface area contributed by atoms with Gasteiger partial charge < -0.3 is 10.5 Å². The third-order valence-electron chi connectivity index (χ3n) is 3.92. The summed E-state index contributed by atoms with van der Waals surface area (Å²) in [6, 6.07) is 4.04. The Morgan fingerprint density at radius 2 is 2.11 bits per heavy atom. The third-order valence-corrected chi connectivity index (χ3v) is 3.92. The number of halogens is 2. The van der Waals surface area contributed by atoms with Crippen LogP contribution >= 0.6 is 0 Å². The largest absolute Gasteiger partial charge is 0.374 e. The fourth-order valence-corrected chi connectivity index (χ4v) is 2.89. The summed E-state index contributed by atoms with van der Waals surface area (Å²) in [5, 5.41) is 0. The minimum Gasteiger partial charge on any atom is -0.374 e. The normalized spacial score (nSPS) is 28.6. The van der Waals surface area contributed by atoms with Gasteiger partial charge in [-0.2, -0.15) is 0 Å². The molecule has 19 heavy (non-hydrogen) atoms. The molecule has 0 amide bonds. The van der Waals surface area contributed by atoms with Crippen molar-refractivity contribution in [1.29, 1.82) is 0 Å². The van der Waals surface area contributed by atoms with Gasteiger partial charge >= 0.3 is 0 Å². The van der Waals surface area contributed by atoms with Crippen LogP contribution in [0.1, 0.15) is 24.4 Å². The van der Waals surface area contributed by atoms with Crippen LogP contribution in [0, 0.1) is 11.6 Å². The predicted octanol–water partition coefficient (Wildman–Crippen LogP) is 1.83. The van der Waals surface area contributed by atoms with E-state index in [-0.39, 0.29) is 12.1 Å². The van der Waals surface area contributed by atoms with Gasteiger partial charge in [-0.25, -0.2) is 8.78 Å². The molecule has 2 unspecified atom stereocenters. The van der Waals surface area contributed by atoms with E-state index in [9.17, 15) is 8.78 Å². The van der Waals surface area contributed by atoms with Crippen molar-refractivity contribution in [2.24, 2.45) is 5.73 Å². The van der Waals surface area contributed by atoms with E-state index in [1.54, 1.807) is 0 Å². The molecule has 0 spiro atoms. The monoisotopic (exact) mass is 268 g/mol. The SMILES string of the molecule is NCC1OCCN(C2CC2)C1c1ccc(F)cc1F. The molecule has 3 rings (SSSR count). The molecule has 2 atom stereocenters. The lowest BCUT2D eigenvalue weighted by Gasteiger charge is -2.41. The maximum absolute atomic E-state index is 14.0. The Morgan fingerprint density at radius 3 is 2.74 bits per heavy atom.